The minimum absolute atomic E-state index is 0.0995. The maximum absolute atomic E-state index is 12.8. The summed E-state index contributed by atoms with van der Waals surface area (Å²) in [5.41, 5.74) is 2.61. The van der Waals surface area contributed by atoms with Crippen LogP contribution in [0, 0.1) is 5.92 Å². The average molecular weight is 367 g/mol. The van der Waals surface area contributed by atoms with Gasteiger partial charge in [-0.05, 0) is 38.7 Å². The van der Waals surface area contributed by atoms with Crippen molar-refractivity contribution in [1.82, 2.24) is 9.97 Å². The van der Waals surface area contributed by atoms with Gasteiger partial charge >= 0.3 is 0 Å². The zero-order chi connectivity index (χ0) is 17.7. The van der Waals surface area contributed by atoms with E-state index in [4.69, 9.17) is 0 Å². The molecular weight excluding hydrogens is 344 g/mol. The molecule has 0 radical (unpaired) electrons. The monoisotopic (exact) mass is 366 g/mol. The predicted octanol–water partition coefficient (Wildman–Crippen LogP) is 3.44. The Kier molecular flexibility index (Phi) is 4.30. The zero-order valence-corrected chi connectivity index (χ0v) is 15.9. The van der Waals surface area contributed by atoms with Gasteiger partial charge in [0.25, 0.3) is 0 Å². The fourth-order valence-electron chi connectivity index (χ4n) is 2.94. The standard InChI is InChI=1S/C17H22N2O3S2/c1-5-10-6-11(7-13(10)20)12-8-23-15-14(12)18-9-19-16(15)24(21,22)17(2,3)4/h7-10,13,20H,5-6H2,1-4H3/t10-,13+/m1/s1. The van der Waals surface area contributed by atoms with Gasteiger partial charge in [-0.3, -0.25) is 0 Å². The highest BCUT2D eigenvalue weighted by atomic mass is 32.2. The van der Waals surface area contributed by atoms with Crippen LogP contribution < -0.4 is 0 Å². The molecule has 1 aliphatic rings. The fourth-order valence-corrected chi connectivity index (χ4v) is 5.44. The van der Waals surface area contributed by atoms with Crippen LogP contribution in [0.2, 0.25) is 0 Å². The SMILES string of the molecule is CC[C@@H]1CC(c2csc3c(S(=O)(=O)C(C)(C)C)ncnc23)=C[C@@H]1O. The van der Waals surface area contributed by atoms with Crippen molar-refractivity contribution >= 4 is 37.0 Å². The number of nitrogens with zero attached hydrogens (tertiary/aromatic N) is 2. The number of rotatable bonds is 3. The molecule has 0 aliphatic heterocycles. The molecule has 7 heteroatoms. The van der Waals surface area contributed by atoms with E-state index in [0.29, 0.717) is 10.2 Å². The summed E-state index contributed by atoms with van der Waals surface area (Å²) in [5, 5.41) is 12.1. The van der Waals surface area contributed by atoms with E-state index in [0.717, 1.165) is 24.0 Å². The second kappa shape index (κ2) is 5.89. The topological polar surface area (TPSA) is 80.2 Å². The molecule has 0 fully saturated rings. The van der Waals surface area contributed by atoms with Crippen molar-refractivity contribution < 1.29 is 13.5 Å². The molecule has 0 saturated heterocycles. The second-order valence-corrected chi connectivity index (χ2v) is 10.7. The van der Waals surface area contributed by atoms with Crippen molar-refractivity contribution in [2.45, 2.75) is 56.4 Å². The average Bonchev–Trinajstić information content (AvgIpc) is 3.08. The number of aliphatic hydroxyl groups excluding tert-OH is 1. The molecule has 5 nitrogen and oxygen atoms in total. The number of hydrogen-bond donors (Lipinski definition) is 1. The Bertz CT molecular complexity index is 908. The molecule has 3 rings (SSSR count). The van der Waals surface area contributed by atoms with E-state index in [1.165, 1.54) is 17.7 Å². The number of thiophene rings is 1. The van der Waals surface area contributed by atoms with E-state index in [1.54, 1.807) is 20.8 Å². The lowest BCUT2D eigenvalue weighted by Gasteiger charge is -2.18. The number of aromatic nitrogens is 2. The first kappa shape index (κ1) is 17.5. The lowest BCUT2D eigenvalue weighted by Crippen LogP contribution is -2.28. The quantitative estimate of drug-likeness (QED) is 0.842. The fraction of sp³-hybridized carbons (Fsp3) is 0.529. The Morgan fingerprint density at radius 1 is 1.33 bits per heavy atom. The number of hydrogen-bond acceptors (Lipinski definition) is 6. The van der Waals surface area contributed by atoms with Crippen LogP contribution in [0.5, 0.6) is 0 Å². The van der Waals surface area contributed by atoms with Crippen molar-refractivity contribution in [3.8, 4) is 0 Å². The normalized spacial score (nSPS) is 22.1. The molecule has 2 heterocycles. The van der Waals surface area contributed by atoms with Gasteiger partial charge in [-0.2, -0.15) is 0 Å². The van der Waals surface area contributed by atoms with Crippen LogP contribution in [0.4, 0.5) is 0 Å². The Hall–Kier alpha value is -1.31. The molecule has 2 aromatic heterocycles. The number of allylic oxidation sites excluding steroid dienone is 1. The van der Waals surface area contributed by atoms with Crippen molar-refractivity contribution in [2.24, 2.45) is 5.92 Å². The Morgan fingerprint density at radius 2 is 2.04 bits per heavy atom. The molecule has 2 aromatic rings. The molecule has 0 bridgehead atoms. The van der Waals surface area contributed by atoms with Crippen LogP contribution in [0.1, 0.15) is 46.1 Å². The number of sulfone groups is 1. The van der Waals surface area contributed by atoms with Crippen LogP contribution >= 0.6 is 11.3 Å². The minimum atomic E-state index is -3.55. The molecule has 0 spiro atoms. The Morgan fingerprint density at radius 3 is 2.62 bits per heavy atom. The molecule has 0 amide bonds. The van der Waals surface area contributed by atoms with Gasteiger partial charge in [-0.15, -0.1) is 11.3 Å². The summed E-state index contributed by atoms with van der Waals surface area (Å²) in [5.74, 6) is 0.217. The van der Waals surface area contributed by atoms with Gasteiger partial charge in [-0.1, -0.05) is 19.4 Å². The molecular formula is C17H22N2O3S2. The highest BCUT2D eigenvalue weighted by Crippen LogP contribution is 2.41. The van der Waals surface area contributed by atoms with Gasteiger partial charge in [0, 0.05) is 10.9 Å². The molecule has 1 aliphatic carbocycles. The van der Waals surface area contributed by atoms with Crippen LogP contribution in [-0.4, -0.2) is 34.3 Å². The molecule has 0 aromatic carbocycles. The molecule has 0 saturated carbocycles. The maximum atomic E-state index is 12.8. The van der Waals surface area contributed by atoms with Crippen molar-refractivity contribution in [1.29, 1.82) is 0 Å². The van der Waals surface area contributed by atoms with Gasteiger partial charge in [0.15, 0.2) is 5.03 Å². The third-order valence-corrected chi connectivity index (χ3v) is 8.13. The van der Waals surface area contributed by atoms with Crippen molar-refractivity contribution in [3.63, 3.8) is 0 Å². The first-order chi connectivity index (χ1) is 11.2. The van der Waals surface area contributed by atoms with Gasteiger partial charge in [-0.25, -0.2) is 18.4 Å². The number of fused-ring (bicyclic) bond motifs is 1. The highest BCUT2D eigenvalue weighted by molar-refractivity contribution is 7.93. The lowest BCUT2D eigenvalue weighted by molar-refractivity contribution is 0.162. The summed E-state index contributed by atoms with van der Waals surface area (Å²) >= 11 is 1.35. The zero-order valence-electron chi connectivity index (χ0n) is 14.3. The van der Waals surface area contributed by atoms with Crippen LogP contribution in [0.15, 0.2) is 22.8 Å². The van der Waals surface area contributed by atoms with E-state index < -0.39 is 20.7 Å². The summed E-state index contributed by atoms with van der Waals surface area (Å²) in [4.78, 5) is 8.40. The smallest absolute Gasteiger partial charge is 0.202 e. The van der Waals surface area contributed by atoms with Crippen molar-refractivity contribution in [2.75, 3.05) is 0 Å². The van der Waals surface area contributed by atoms with Gasteiger partial charge in [0.1, 0.15) is 6.33 Å². The first-order valence-electron chi connectivity index (χ1n) is 8.02. The largest absolute Gasteiger partial charge is 0.389 e. The predicted molar refractivity (Wildman–Crippen MR) is 96.7 cm³/mol. The Balaban J connectivity index is 2.14. The van der Waals surface area contributed by atoms with E-state index in [2.05, 4.69) is 16.9 Å². The molecule has 130 valence electrons. The second-order valence-electron chi connectivity index (χ2n) is 7.18. The molecule has 24 heavy (non-hydrogen) atoms. The van der Waals surface area contributed by atoms with E-state index in [1.807, 2.05) is 11.5 Å². The third-order valence-electron chi connectivity index (χ3n) is 4.59. The van der Waals surface area contributed by atoms with Crippen LogP contribution in [-0.2, 0) is 9.84 Å². The summed E-state index contributed by atoms with van der Waals surface area (Å²) in [7, 11) is -3.55. The van der Waals surface area contributed by atoms with Gasteiger partial charge in [0.2, 0.25) is 9.84 Å². The van der Waals surface area contributed by atoms with E-state index in [-0.39, 0.29) is 10.9 Å². The molecule has 2 atom stereocenters. The summed E-state index contributed by atoms with van der Waals surface area (Å²) < 4.78 is 25.3. The van der Waals surface area contributed by atoms with E-state index >= 15 is 0 Å². The summed E-state index contributed by atoms with van der Waals surface area (Å²) in [6, 6.07) is 0. The van der Waals surface area contributed by atoms with Crippen LogP contribution in [0.25, 0.3) is 15.8 Å². The van der Waals surface area contributed by atoms with Crippen LogP contribution in [0.3, 0.4) is 0 Å². The highest BCUT2D eigenvalue weighted by Gasteiger charge is 2.35. The van der Waals surface area contributed by atoms with E-state index in [9.17, 15) is 13.5 Å². The van der Waals surface area contributed by atoms with Crippen molar-refractivity contribution in [3.05, 3.63) is 23.3 Å². The lowest BCUT2D eigenvalue weighted by atomic mass is 9.99. The first-order valence-corrected chi connectivity index (χ1v) is 10.4. The van der Waals surface area contributed by atoms with Gasteiger partial charge < -0.3 is 5.11 Å². The van der Waals surface area contributed by atoms with Gasteiger partial charge in [0.05, 0.1) is 21.1 Å². The summed E-state index contributed by atoms with van der Waals surface area (Å²) in [6.45, 7) is 7.08. The number of aliphatic hydroxyl groups is 1. The Labute approximate surface area is 146 Å². The third kappa shape index (κ3) is 2.68. The molecule has 1 N–H and O–H groups in total. The molecule has 0 unspecified atom stereocenters. The maximum Gasteiger partial charge on any atom is 0.202 e. The summed E-state index contributed by atoms with van der Waals surface area (Å²) in [6.07, 6.45) is 4.44. The minimum Gasteiger partial charge on any atom is -0.389 e.